The van der Waals surface area contributed by atoms with E-state index in [9.17, 15) is 0 Å². The van der Waals surface area contributed by atoms with Gasteiger partial charge in [-0.05, 0) is 65.6 Å². The number of rotatable bonds is 4. The Morgan fingerprint density at radius 1 is 0.562 bits per heavy atom. The van der Waals surface area contributed by atoms with E-state index in [1.165, 1.54) is 54.9 Å². The Morgan fingerprint density at radius 3 is 1.77 bits per heavy atom. The van der Waals surface area contributed by atoms with Crippen molar-refractivity contribution < 1.29 is 0 Å². The van der Waals surface area contributed by atoms with Crippen molar-refractivity contribution in [1.29, 1.82) is 0 Å². The lowest BCUT2D eigenvalue weighted by atomic mass is 9.86. The van der Waals surface area contributed by atoms with Crippen LogP contribution in [0.25, 0.3) is 66.4 Å². The standard InChI is InChI=1S/C43H37N5/c1-43(2,3)30-24-31(46-27-42(45(4)28-46)48-39-18-9-6-13-33(39)34-14-7-10-19-40(34)48)26-32(25-30)47-38-17-8-5-15-35(38)36-21-20-29(23-41(36)47)37-16-11-12-22-44-37/h5-27H,28H2,1-4H3. The van der Waals surface area contributed by atoms with Gasteiger partial charge < -0.3 is 14.4 Å². The lowest BCUT2D eigenvalue weighted by Crippen LogP contribution is -2.24. The van der Waals surface area contributed by atoms with Crippen LogP contribution in [0.2, 0.25) is 0 Å². The van der Waals surface area contributed by atoms with Gasteiger partial charge in [-0.1, -0.05) is 93.6 Å². The number of hydrogen-bond acceptors (Lipinski definition) is 3. The van der Waals surface area contributed by atoms with Crippen molar-refractivity contribution in [1.82, 2.24) is 19.0 Å². The van der Waals surface area contributed by atoms with Crippen molar-refractivity contribution >= 4 is 55.1 Å². The first-order chi connectivity index (χ1) is 23.3. The predicted octanol–water partition coefficient (Wildman–Crippen LogP) is 10.4. The maximum absolute atomic E-state index is 4.67. The molecule has 0 spiro atoms. The minimum Gasteiger partial charge on any atom is -0.341 e. The summed E-state index contributed by atoms with van der Waals surface area (Å²) in [7, 11) is 2.19. The number of hydrogen-bond donors (Lipinski definition) is 0. The van der Waals surface area contributed by atoms with Crippen LogP contribution in [0.15, 0.2) is 140 Å². The molecule has 4 heterocycles. The molecule has 3 aromatic heterocycles. The van der Waals surface area contributed by atoms with Gasteiger partial charge in [0.25, 0.3) is 0 Å². The molecule has 0 atom stereocenters. The Kier molecular flexibility index (Phi) is 6.28. The molecule has 48 heavy (non-hydrogen) atoms. The first-order valence-electron chi connectivity index (χ1n) is 16.6. The van der Waals surface area contributed by atoms with Gasteiger partial charge in [0.05, 0.1) is 34.4 Å². The zero-order valence-electron chi connectivity index (χ0n) is 27.7. The van der Waals surface area contributed by atoms with Crippen molar-refractivity contribution in [2.24, 2.45) is 0 Å². The van der Waals surface area contributed by atoms with Gasteiger partial charge in [0.2, 0.25) is 0 Å². The molecular formula is C43H37N5. The fraction of sp³-hybridized carbons (Fsp3) is 0.140. The molecule has 5 nitrogen and oxygen atoms in total. The third-order valence-corrected chi connectivity index (χ3v) is 9.83. The van der Waals surface area contributed by atoms with Crippen LogP contribution in [0.1, 0.15) is 26.3 Å². The van der Waals surface area contributed by atoms with Crippen LogP contribution in [0.3, 0.4) is 0 Å². The number of para-hydroxylation sites is 3. The van der Waals surface area contributed by atoms with E-state index in [4.69, 9.17) is 0 Å². The number of aromatic nitrogens is 3. The van der Waals surface area contributed by atoms with Crippen LogP contribution in [0, 0.1) is 0 Å². The number of fused-ring (bicyclic) bond motifs is 6. The second-order valence-electron chi connectivity index (χ2n) is 14.0. The molecule has 8 aromatic rings. The molecule has 0 unspecified atom stereocenters. The van der Waals surface area contributed by atoms with E-state index in [0.717, 1.165) is 29.4 Å². The molecule has 0 aliphatic carbocycles. The topological polar surface area (TPSA) is 29.2 Å². The highest BCUT2D eigenvalue weighted by molar-refractivity contribution is 6.11. The van der Waals surface area contributed by atoms with E-state index in [1.54, 1.807) is 0 Å². The molecule has 0 saturated carbocycles. The fourth-order valence-corrected chi connectivity index (χ4v) is 7.40. The van der Waals surface area contributed by atoms with Crippen LogP contribution < -0.4 is 4.90 Å². The van der Waals surface area contributed by atoms with Crippen LogP contribution in [-0.4, -0.2) is 32.7 Å². The summed E-state index contributed by atoms with van der Waals surface area (Å²) in [6.45, 7) is 7.66. The fourth-order valence-electron chi connectivity index (χ4n) is 7.40. The molecule has 5 aromatic carbocycles. The van der Waals surface area contributed by atoms with Crippen molar-refractivity contribution in [3.8, 4) is 16.9 Å². The molecule has 0 fully saturated rings. The molecule has 9 rings (SSSR count). The highest BCUT2D eigenvalue weighted by atomic mass is 15.4. The number of nitrogens with zero attached hydrogens (tertiary/aromatic N) is 5. The minimum absolute atomic E-state index is 0.0480. The third kappa shape index (κ3) is 4.42. The summed E-state index contributed by atoms with van der Waals surface area (Å²) in [5.41, 5.74) is 10.5. The summed E-state index contributed by atoms with van der Waals surface area (Å²) in [6.07, 6.45) is 4.18. The SMILES string of the molecule is CN1CN(c2cc(-n3c4ccccc4c4ccc(-c5ccccn5)cc43)cc(C(C)(C)C)c2)C=C1n1c2ccccc2c2ccccc21. The normalized spacial score (nSPS) is 13.8. The summed E-state index contributed by atoms with van der Waals surface area (Å²) >= 11 is 0. The van der Waals surface area contributed by atoms with Crippen molar-refractivity contribution in [3.63, 3.8) is 0 Å². The Bertz CT molecular complexity index is 2490. The summed E-state index contributed by atoms with van der Waals surface area (Å²) < 4.78 is 4.85. The second kappa shape index (κ2) is 10.6. The van der Waals surface area contributed by atoms with Crippen LogP contribution in [-0.2, 0) is 5.41 Å². The summed E-state index contributed by atoms with van der Waals surface area (Å²) in [6, 6.07) is 46.1. The summed E-state index contributed by atoms with van der Waals surface area (Å²) in [5, 5.41) is 5.03. The van der Waals surface area contributed by atoms with Crippen LogP contribution in [0.5, 0.6) is 0 Å². The average Bonchev–Trinajstić information content (AvgIpc) is 3.77. The highest BCUT2D eigenvalue weighted by Crippen LogP contribution is 2.39. The van der Waals surface area contributed by atoms with Gasteiger partial charge in [0.15, 0.2) is 0 Å². The third-order valence-electron chi connectivity index (χ3n) is 9.83. The highest BCUT2D eigenvalue weighted by Gasteiger charge is 2.26. The molecule has 234 valence electrons. The van der Waals surface area contributed by atoms with E-state index in [1.807, 2.05) is 12.3 Å². The van der Waals surface area contributed by atoms with Gasteiger partial charge in [0.1, 0.15) is 5.82 Å². The molecule has 1 aliphatic rings. The summed E-state index contributed by atoms with van der Waals surface area (Å²) in [4.78, 5) is 9.41. The Balaban J connectivity index is 1.25. The Morgan fingerprint density at radius 2 is 1.15 bits per heavy atom. The molecule has 0 amide bonds. The minimum atomic E-state index is -0.0480. The second-order valence-corrected chi connectivity index (χ2v) is 14.0. The van der Waals surface area contributed by atoms with E-state index in [0.29, 0.717) is 0 Å². The average molecular weight is 624 g/mol. The van der Waals surface area contributed by atoms with Crippen molar-refractivity contribution in [2.75, 3.05) is 18.6 Å². The van der Waals surface area contributed by atoms with Crippen LogP contribution in [0.4, 0.5) is 5.69 Å². The predicted molar refractivity (Wildman–Crippen MR) is 202 cm³/mol. The van der Waals surface area contributed by atoms with Crippen molar-refractivity contribution in [3.05, 3.63) is 145 Å². The quantitative estimate of drug-likeness (QED) is 0.195. The van der Waals surface area contributed by atoms with Gasteiger partial charge >= 0.3 is 0 Å². The molecule has 0 saturated heterocycles. The monoisotopic (exact) mass is 623 g/mol. The maximum Gasteiger partial charge on any atom is 0.131 e. The molecule has 5 heteroatoms. The van der Waals surface area contributed by atoms with Gasteiger partial charge in [-0.15, -0.1) is 0 Å². The van der Waals surface area contributed by atoms with Crippen LogP contribution >= 0.6 is 0 Å². The van der Waals surface area contributed by atoms with E-state index in [2.05, 4.69) is 179 Å². The largest absolute Gasteiger partial charge is 0.341 e. The maximum atomic E-state index is 4.67. The Hall–Kier alpha value is -5.81. The summed E-state index contributed by atoms with van der Waals surface area (Å²) in [5.74, 6) is 1.16. The molecule has 0 radical (unpaired) electrons. The lowest BCUT2D eigenvalue weighted by Gasteiger charge is -2.25. The molecular weight excluding hydrogens is 587 g/mol. The first kappa shape index (κ1) is 28.4. The van der Waals surface area contributed by atoms with E-state index in [-0.39, 0.29) is 5.41 Å². The van der Waals surface area contributed by atoms with Gasteiger partial charge in [-0.2, -0.15) is 0 Å². The Labute approximate surface area is 280 Å². The zero-order valence-corrected chi connectivity index (χ0v) is 27.7. The molecule has 1 aliphatic heterocycles. The smallest absolute Gasteiger partial charge is 0.131 e. The van der Waals surface area contributed by atoms with Gasteiger partial charge in [-0.25, -0.2) is 0 Å². The lowest BCUT2D eigenvalue weighted by molar-refractivity contribution is 0.497. The number of benzene rings is 5. The molecule has 0 bridgehead atoms. The van der Waals surface area contributed by atoms with Crippen molar-refractivity contribution in [2.45, 2.75) is 26.2 Å². The number of anilines is 1. The van der Waals surface area contributed by atoms with E-state index < -0.39 is 0 Å². The zero-order chi connectivity index (χ0) is 32.6. The van der Waals surface area contributed by atoms with Gasteiger partial charge in [-0.3, -0.25) is 9.55 Å². The first-order valence-corrected chi connectivity index (χ1v) is 16.6. The molecule has 0 N–H and O–H groups in total. The van der Waals surface area contributed by atoms with E-state index >= 15 is 0 Å². The van der Waals surface area contributed by atoms with Gasteiger partial charge in [0, 0.05) is 57.9 Å². The number of pyridine rings is 1.